The molecule has 0 bridgehead atoms. The molecular weight excluding hydrogens is 546 g/mol. The van der Waals surface area contributed by atoms with Gasteiger partial charge in [-0.25, -0.2) is 0 Å². The molecule has 44 heavy (non-hydrogen) atoms. The maximum absolute atomic E-state index is 12.5. The number of amides is 2. The Balaban J connectivity index is 1.42. The molecule has 1 aromatic rings. The second-order valence-corrected chi connectivity index (χ2v) is 11.3. The number of pyridine rings is 1. The molecule has 2 amide bonds. The first-order valence-electron chi connectivity index (χ1n) is 16.7. The number of nitrogens with zero attached hydrogens (tertiary/aromatic N) is 3. The Morgan fingerprint density at radius 3 is 2.02 bits per heavy atom. The normalized spacial score (nSPS) is 14.4. The third-order valence-electron chi connectivity index (χ3n) is 7.50. The van der Waals surface area contributed by atoms with Crippen molar-refractivity contribution in [1.82, 2.24) is 25.4 Å². The lowest BCUT2D eigenvalue weighted by Gasteiger charge is -2.17. The molecular formula is C37H57N5O2. The Labute approximate surface area is 267 Å². The summed E-state index contributed by atoms with van der Waals surface area (Å²) in [6, 6.07) is 3.83. The highest BCUT2D eigenvalue weighted by molar-refractivity contribution is 5.93. The Morgan fingerprint density at radius 2 is 1.43 bits per heavy atom. The zero-order chi connectivity index (χ0) is 31.5. The maximum Gasteiger partial charge on any atom is 0.252 e. The summed E-state index contributed by atoms with van der Waals surface area (Å²) in [5.41, 5.74) is 1.62. The van der Waals surface area contributed by atoms with E-state index in [1.807, 2.05) is 19.2 Å². The quantitative estimate of drug-likeness (QED) is 0.112. The predicted octanol–water partition coefficient (Wildman–Crippen LogP) is 6.42. The predicted molar refractivity (Wildman–Crippen MR) is 185 cm³/mol. The highest BCUT2D eigenvalue weighted by Gasteiger charge is 2.12. The van der Waals surface area contributed by atoms with Gasteiger partial charge in [0, 0.05) is 57.5 Å². The second kappa shape index (κ2) is 25.1. The number of rotatable bonds is 23. The molecule has 1 saturated heterocycles. The van der Waals surface area contributed by atoms with E-state index >= 15 is 0 Å². The molecule has 7 heteroatoms. The van der Waals surface area contributed by atoms with Gasteiger partial charge in [-0.3, -0.25) is 14.6 Å². The number of hydrogen-bond donors (Lipinski definition) is 2. The van der Waals surface area contributed by atoms with Crippen molar-refractivity contribution < 1.29 is 9.59 Å². The van der Waals surface area contributed by atoms with Crippen LogP contribution in [0.3, 0.4) is 0 Å². The van der Waals surface area contributed by atoms with E-state index in [2.05, 4.69) is 93.1 Å². The zero-order valence-electron chi connectivity index (χ0n) is 27.4. The Hall–Kier alpha value is -3.29. The van der Waals surface area contributed by atoms with Gasteiger partial charge in [-0.15, -0.1) is 0 Å². The minimum absolute atomic E-state index is 0.0930. The Morgan fingerprint density at radius 1 is 0.841 bits per heavy atom. The van der Waals surface area contributed by atoms with Crippen LogP contribution in [0.2, 0.25) is 0 Å². The van der Waals surface area contributed by atoms with Crippen LogP contribution in [-0.2, 0) is 11.2 Å². The largest absolute Gasteiger partial charge is 0.355 e. The summed E-state index contributed by atoms with van der Waals surface area (Å²) in [5.74, 6) is -0.00626. The summed E-state index contributed by atoms with van der Waals surface area (Å²) in [6.45, 7) is 8.18. The maximum atomic E-state index is 12.5. The fraction of sp³-hybridized carbons (Fsp3) is 0.541. The number of hydrogen-bond acceptors (Lipinski definition) is 5. The average molecular weight is 604 g/mol. The number of nitrogens with one attached hydrogen (secondary N) is 2. The van der Waals surface area contributed by atoms with Crippen LogP contribution in [0.1, 0.15) is 87.2 Å². The number of carbonyl (C=O) groups excluding carboxylic acids is 2. The number of unbranched alkanes of at least 4 members (excludes halogenated alkanes) is 1. The van der Waals surface area contributed by atoms with Gasteiger partial charge in [-0.1, -0.05) is 67.7 Å². The first-order valence-corrected chi connectivity index (χ1v) is 16.7. The molecule has 1 aliphatic rings. The van der Waals surface area contributed by atoms with E-state index in [4.69, 9.17) is 0 Å². The lowest BCUT2D eigenvalue weighted by atomic mass is 10.2. The number of likely N-dealkylation sites (N-methyl/N-ethyl adjacent to an activating group) is 1. The van der Waals surface area contributed by atoms with Crippen molar-refractivity contribution in [2.24, 2.45) is 0 Å². The van der Waals surface area contributed by atoms with Crippen LogP contribution >= 0.6 is 0 Å². The summed E-state index contributed by atoms with van der Waals surface area (Å²) in [6.07, 6.45) is 34.4. The van der Waals surface area contributed by atoms with Crippen LogP contribution in [0.25, 0.3) is 0 Å². The fourth-order valence-corrected chi connectivity index (χ4v) is 4.78. The number of carbonyl (C=O) groups is 2. The second-order valence-electron chi connectivity index (χ2n) is 11.3. The lowest BCUT2D eigenvalue weighted by Crippen LogP contribution is -2.37. The van der Waals surface area contributed by atoms with E-state index in [0.29, 0.717) is 31.6 Å². The topological polar surface area (TPSA) is 77.6 Å². The minimum atomic E-state index is -0.0993. The van der Waals surface area contributed by atoms with Gasteiger partial charge in [0.25, 0.3) is 5.91 Å². The molecule has 0 saturated carbocycles. The SMILES string of the molecule is CCC=CCC=CCC=CCC=CCC=CCCCC(=O)NCCN(C)CCNC(=O)c1ccc(CCN2CCCC2)nc1. The van der Waals surface area contributed by atoms with Crippen molar-refractivity contribution in [2.45, 2.75) is 77.6 Å². The molecule has 7 nitrogen and oxygen atoms in total. The van der Waals surface area contributed by atoms with Crippen LogP contribution in [0.4, 0.5) is 0 Å². The zero-order valence-corrected chi connectivity index (χ0v) is 27.4. The first kappa shape index (κ1) is 36.9. The Kier molecular flexibility index (Phi) is 21.0. The molecule has 1 fully saturated rings. The molecule has 0 aromatic carbocycles. The molecule has 0 atom stereocenters. The van der Waals surface area contributed by atoms with Crippen molar-refractivity contribution in [3.63, 3.8) is 0 Å². The average Bonchev–Trinajstić information content (AvgIpc) is 3.55. The van der Waals surface area contributed by atoms with Gasteiger partial charge in [0.2, 0.25) is 5.91 Å². The van der Waals surface area contributed by atoms with Crippen molar-refractivity contribution in [3.8, 4) is 0 Å². The van der Waals surface area contributed by atoms with E-state index in [0.717, 1.165) is 70.2 Å². The molecule has 2 N–H and O–H groups in total. The summed E-state index contributed by atoms with van der Waals surface area (Å²) in [4.78, 5) is 33.6. The smallest absolute Gasteiger partial charge is 0.252 e. The summed E-state index contributed by atoms with van der Waals surface area (Å²) < 4.78 is 0. The van der Waals surface area contributed by atoms with Crippen LogP contribution in [0.5, 0.6) is 0 Å². The van der Waals surface area contributed by atoms with Gasteiger partial charge in [0.05, 0.1) is 5.56 Å². The summed E-state index contributed by atoms with van der Waals surface area (Å²) >= 11 is 0. The van der Waals surface area contributed by atoms with Gasteiger partial charge in [0.1, 0.15) is 0 Å². The highest BCUT2D eigenvalue weighted by Crippen LogP contribution is 2.09. The van der Waals surface area contributed by atoms with Crippen LogP contribution < -0.4 is 10.6 Å². The van der Waals surface area contributed by atoms with Crippen molar-refractivity contribution >= 4 is 11.8 Å². The minimum Gasteiger partial charge on any atom is -0.355 e. The molecule has 242 valence electrons. The molecule has 1 aliphatic heterocycles. The van der Waals surface area contributed by atoms with E-state index in [1.165, 1.54) is 25.9 Å². The van der Waals surface area contributed by atoms with Crippen LogP contribution in [0, 0.1) is 0 Å². The molecule has 0 spiro atoms. The fourth-order valence-electron chi connectivity index (χ4n) is 4.78. The lowest BCUT2D eigenvalue weighted by molar-refractivity contribution is -0.121. The first-order chi connectivity index (χ1) is 21.6. The van der Waals surface area contributed by atoms with E-state index in [-0.39, 0.29) is 11.8 Å². The van der Waals surface area contributed by atoms with E-state index in [9.17, 15) is 9.59 Å². The van der Waals surface area contributed by atoms with Crippen molar-refractivity contribution in [1.29, 1.82) is 0 Å². The number of allylic oxidation sites excluding steroid dienone is 10. The van der Waals surface area contributed by atoms with Gasteiger partial charge in [-0.05, 0) is 90.1 Å². The van der Waals surface area contributed by atoms with Gasteiger partial charge >= 0.3 is 0 Å². The van der Waals surface area contributed by atoms with E-state index < -0.39 is 0 Å². The third-order valence-corrected chi connectivity index (χ3v) is 7.50. The molecule has 0 radical (unpaired) electrons. The standard InChI is InChI=1S/C37H57N5O2/c1-3-4-5-6-7-8-9-10-11-12-13-14-15-16-17-18-19-22-36(43)38-26-31-41(2)32-27-39-37(44)34-23-24-35(40-33-34)25-30-42-28-20-21-29-42/h4-5,7-8,10-11,13-14,16-17,23-24,33H,3,6,9,12,15,18-22,25-32H2,1-2H3,(H,38,43)(H,39,44). The molecule has 0 unspecified atom stereocenters. The molecule has 2 heterocycles. The van der Waals surface area contributed by atoms with Gasteiger partial charge in [0.15, 0.2) is 0 Å². The van der Waals surface area contributed by atoms with E-state index in [1.54, 1.807) is 6.20 Å². The van der Waals surface area contributed by atoms with Crippen molar-refractivity contribution in [2.75, 3.05) is 52.9 Å². The number of likely N-dealkylation sites (tertiary alicyclic amines) is 1. The summed E-state index contributed by atoms with van der Waals surface area (Å²) in [5, 5.41) is 5.96. The molecule has 2 rings (SSSR count). The van der Waals surface area contributed by atoms with Crippen LogP contribution in [0.15, 0.2) is 79.1 Å². The molecule has 0 aliphatic carbocycles. The monoisotopic (exact) mass is 603 g/mol. The van der Waals surface area contributed by atoms with Gasteiger partial charge in [-0.2, -0.15) is 0 Å². The highest BCUT2D eigenvalue weighted by atomic mass is 16.2. The third kappa shape index (κ3) is 19.1. The Bertz CT molecular complexity index is 1050. The van der Waals surface area contributed by atoms with Crippen LogP contribution in [-0.4, -0.2) is 79.5 Å². The van der Waals surface area contributed by atoms with Gasteiger partial charge < -0.3 is 20.4 Å². The summed E-state index contributed by atoms with van der Waals surface area (Å²) in [7, 11) is 2.00. The molecule has 1 aromatic heterocycles. The number of aromatic nitrogens is 1. The van der Waals surface area contributed by atoms with Crippen molar-refractivity contribution in [3.05, 3.63) is 90.3 Å².